The third-order valence-corrected chi connectivity index (χ3v) is 6.31. The molecule has 0 N–H and O–H groups in total. The Bertz CT molecular complexity index is 740. The summed E-state index contributed by atoms with van der Waals surface area (Å²) >= 11 is 0. The summed E-state index contributed by atoms with van der Waals surface area (Å²) in [5, 5.41) is 0. The molecule has 152 valence electrons. The van der Waals surface area contributed by atoms with Gasteiger partial charge in [0.15, 0.2) is 0 Å². The van der Waals surface area contributed by atoms with Crippen molar-refractivity contribution in [2.75, 3.05) is 26.0 Å². The molecule has 0 bridgehead atoms. The average Bonchev–Trinajstić information content (AvgIpc) is 3.08. The van der Waals surface area contributed by atoms with Crippen molar-refractivity contribution in [3.63, 3.8) is 0 Å². The van der Waals surface area contributed by atoms with E-state index in [2.05, 4.69) is 0 Å². The molecule has 0 radical (unpaired) electrons. The number of sulfonamides is 1. The lowest BCUT2D eigenvalue weighted by Gasteiger charge is -2.28. The van der Waals surface area contributed by atoms with Crippen LogP contribution in [0.1, 0.15) is 39.7 Å². The van der Waals surface area contributed by atoms with Crippen molar-refractivity contribution < 1.29 is 22.7 Å². The molecule has 0 aliphatic carbocycles. The summed E-state index contributed by atoms with van der Waals surface area (Å²) in [4.78, 5) is 13.9. The number of carbonyl (C=O) groups is 1. The van der Waals surface area contributed by atoms with Gasteiger partial charge >= 0.3 is 6.09 Å². The zero-order valence-electron chi connectivity index (χ0n) is 16.8. The Balaban J connectivity index is 2.14. The molecule has 1 aromatic carbocycles. The molecule has 0 aromatic heterocycles. The van der Waals surface area contributed by atoms with Crippen LogP contribution in [0.4, 0.5) is 4.79 Å². The second-order valence-electron chi connectivity index (χ2n) is 7.66. The largest absolute Gasteiger partial charge is 0.497 e. The Labute approximate surface area is 162 Å². The highest BCUT2D eigenvalue weighted by Gasteiger charge is 2.37. The Morgan fingerprint density at radius 2 is 1.89 bits per heavy atom. The van der Waals surface area contributed by atoms with Crippen LogP contribution in [0.3, 0.4) is 0 Å². The first kappa shape index (κ1) is 21.5. The van der Waals surface area contributed by atoms with Crippen LogP contribution in [-0.2, 0) is 21.3 Å². The number of carbonyl (C=O) groups excluding carboxylic acids is 1. The van der Waals surface area contributed by atoms with Crippen LogP contribution in [-0.4, -0.2) is 61.3 Å². The summed E-state index contributed by atoms with van der Waals surface area (Å²) in [7, 11) is -1.83. The van der Waals surface area contributed by atoms with E-state index in [1.54, 1.807) is 18.9 Å². The summed E-state index contributed by atoms with van der Waals surface area (Å²) in [5.74, 6) is 0.743. The number of likely N-dealkylation sites (tertiary alicyclic amines) is 1. The van der Waals surface area contributed by atoms with E-state index in [0.717, 1.165) is 11.3 Å². The van der Waals surface area contributed by atoms with E-state index < -0.39 is 21.7 Å². The first-order valence-corrected chi connectivity index (χ1v) is 10.8. The minimum Gasteiger partial charge on any atom is -0.497 e. The van der Waals surface area contributed by atoms with Gasteiger partial charge in [-0.1, -0.05) is 12.1 Å². The van der Waals surface area contributed by atoms with E-state index in [1.807, 2.05) is 45.0 Å². The SMILES string of the molecule is CCS(=O)(=O)N(Cc1ccc(OC)cc1)[C@H]1CCN(C(=O)OC(C)(C)C)C1. The first-order chi connectivity index (χ1) is 12.6. The van der Waals surface area contributed by atoms with Gasteiger partial charge in [-0.05, 0) is 51.8 Å². The van der Waals surface area contributed by atoms with Gasteiger partial charge in [0.1, 0.15) is 11.4 Å². The molecule has 1 atom stereocenters. The molecule has 27 heavy (non-hydrogen) atoms. The molecule has 0 saturated carbocycles. The number of ether oxygens (including phenoxy) is 2. The molecule has 7 nitrogen and oxygen atoms in total. The number of hydrogen-bond acceptors (Lipinski definition) is 5. The normalized spacial score (nSPS) is 18.0. The van der Waals surface area contributed by atoms with Crippen molar-refractivity contribution in [1.29, 1.82) is 0 Å². The number of amides is 1. The van der Waals surface area contributed by atoms with Crippen LogP contribution in [0.5, 0.6) is 5.75 Å². The van der Waals surface area contributed by atoms with Crippen LogP contribution >= 0.6 is 0 Å². The molecule has 1 saturated heterocycles. The molecule has 1 aliphatic rings. The van der Waals surface area contributed by atoms with Gasteiger partial charge in [0.2, 0.25) is 10.0 Å². The van der Waals surface area contributed by atoms with E-state index in [1.165, 1.54) is 4.31 Å². The quantitative estimate of drug-likeness (QED) is 0.736. The van der Waals surface area contributed by atoms with Crippen molar-refractivity contribution in [2.24, 2.45) is 0 Å². The molecule has 1 heterocycles. The molecule has 1 aromatic rings. The monoisotopic (exact) mass is 398 g/mol. The van der Waals surface area contributed by atoms with Crippen LogP contribution < -0.4 is 4.74 Å². The zero-order valence-corrected chi connectivity index (χ0v) is 17.6. The first-order valence-electron chi connectivity index (χ1n) is 9.16. The van der Waals surface area contributed by atoms with Gasteiger partial charge in [-0.15, -0.1) is 0 Å². The fourth-order valence-corrected chi connectivity index (χ4v) is 4.30. The van der Waals surface area contributed by atoms with Crippen LogP contribution in [0.15, 0.2) is 24.3 Å². The van der Waals surface area contributed by atoms with Crippen molar-refractivity contribution >= 4 is 16.1 Å². The number of methoxy groups -OCH3 is 1. The summed E-state index contributed by atoms with van der Waals surface area (Å²) < 4.78 is 37.4. The predicted molar refractivity (Wildman–Crippen MR) is 104 cm³/mol. The fourth-order valence-electron chi connectivity index (χ4n) is 3.00. The summed E-state index contributed by atoms with van der Waals surface area (Å²) in [6, 6.07) is 7.08. The molecule has 0 spiro atoms. The van der Waals surface area contributed by atoms with E-state index in [4.69, 9.17) is 9.47 Å². The number of hydrogen-bond donors (Lipinski definition) is 0. The smallest absolute Gasteiger partial charge is 0.410 e. The van der Waals surface area contributed by atoms with Gasteiger partial charge in [0.25, 0.3) is 0 Å². The second kappa shape index (κ2) is 8.48. The van der Waals surface area contributed by atoms with Gasteiger partial charge < -0.3 is 14.4 Å². The molecule has 2 rings (SSSR count). The second-order valence-corrected chi connectivity index (χ2v) is 9.87. The predicted octanol–water partition coefficient (Wildman–Crippen LogP) is 2.86. The number of nitrogens with zero attached hydrogens (tertiary/aromatic N) is 2. The maximum Gasteiger partial charge on any atom is 0.410 e. The van der Waals surface area contributed by atoms with E-state index >= 15 is 0 Å². The molecule has 1 fully saturated rings. The lowest BCUT2D eigenvalue weighted by molar-refractivity contribution is 0.0286. The highest BCUT2D eigenvalue weighted by molar-refractivity contribution is 7.89. The van der Waals surface area contributed by atoms with Crippen LogP contribution in [0.2, 0.25) is 0 Å². The Morgan fingerprint density at radius 1 is 1.26 bits per heavy atom. The van der Waals surface area contributed by atoms with Gasteiger partial charge in [0.05, 0.1) is 12.9 Å². The molecule has 1 aliphatic heterocycles. The Hall–Kier alpha value is -1.80. The maximum absolute atomic E-state index is 12.7. The zero-order chi connectivity index (χ0) is 20.2. The van der Waals surface area contributed by atoms with E-state index in [-0.39, 0.29) is 18.3 Å². The summed E-state index contributed by atoms with van der Waals surface area (Å²) in [6.45, 7) is 8.17. The third kappa shape index (κ3) is 5.84. The van der Waals surface area contributed by atoms with Crippen LogP contribution in [0, 0.1) is 0 Å². The molecular formula is C19H30N2O5S. The van der Waals surface area contributed by atoms with Crippen molar-refractivity contribution in [1.82, 2.24) is 9.21 Å². The minimum atomic E-state index is -3.42. The van der Waals surface area contributed by atoms with Gasteiger partial charge in [0, 0.05) is 25.7 Å². The van der Waals surface area contributed by atoms with Crippen molar-refractivity contribution in [3.8, 4) is 5.75 Å². The summed E-state index contributed by atoms with van der Waals surface area (Å²) in [6.07, 6.45) is 0.192. The minimum absolute atomic E-state index is 0.0199. The van der Waals surface area contributed by atoms with Crippen molar-refractivity contribution in [3.05, 3.63) is 29.8 Å². The van der Waals surface area contributed by atoms with E-state index in [0.29, 0.717) is 19.5 Å². The third-order valence-electron chi connectivity index (χ3n) is 4.44. The fraction of sp³-hybridized carbons (Fsp3) is 0.632. The van der Waals surface area contributed by atoms with Crippen LogP contribution in [0.25, 0.3) is 0 Å². The Morgan fingerprint density at radius 3 is 2.41 bits per heavy atom. The lowest BCUT2D eigenvalue weighted by atomic mass is 10.2. The number of benzene rings is 1. The number of rotatable bonds is 6. The van der Waals surface area contributed by atoms with Crippen molar-refractivity contribution in [2.45, 2.75) is 52.3 Å². The van der Waals surface area contributed by atoms with Gasteiger partial charge in [-0.3, -0.25) is 0 Å². The highest BCUT2D eigenvalue weighted by Crippen LogP contribution is 2.24. The topological polar surface area (TPSA) is 76.2 Å². The van der Waals surface area contributed by atoms with Gasteiger partial charge in [-0.25, -0.2) is 13.2 Å². The molecular weight excluding hydrogens is 368 g/mol. The standard InChI is InChI=1S/C19H30N2O5S/c1-6-27(23,24)21(13-15-7-9-17(25-5)10-8-15)16-11-12-20(14-16)18(22)26-19(2,3)4/h7-10,16H,6,11-14H2,1-5H3/t16-/m0/s1. The molecule has 0 unspecified atom stereocenters. The van der Waals surface area contributed by atoms with Gasteiger partial charge in [-0.2, -0.15) is 4.31 Å². The molecule has 1 amide bonds. The lowest BCUT2D eigenvalue weighted by Crippen LogP contribution is -2.43. The Kier molecular flexibility index (Phi) is 6.75. The van der Waals surface area contributed by atoms with E-state index in [9.17, 15) is 13.2 Å². The summed E-state index contributed by atoms with van der Waals surface area (Å²) in [5.41, 5.74) is 0.302. The highest BCUT2D eigenvalue weighted by atomic mass is 32.2. The average molecular weight is 399 g/mol. The maximum atomic E-state index is 12.7. The molecule has 8 heteroatoms.